The van der Waals surface area contributed by atoms with Crippen molar-refractivity contribution in [1.82, 2.24) is 0 Å². The molecule has 0 saturated heterocycles. The molecule has 0 saturated carbocycles. The molecule has 2 heteroatoms. The Balaban J connectivity index is 2.60. The lowest BCUT2D eigenvalue weighted by atomic mass is 9.77. The molecule has 0 spiro atoms. The summed E-state index contributed by atoms with van der Waals surface area (Å²) in [6.07, 6.45) is 0. The van der Waals surface area contributed by atoms with Crippen LogP contribution in [0.25, 0.3) is 16.3 Å². The van der Waals surface area contributed by atoms with Crippen LogP contribution in [0.1, 0.15) is 36.1 Å². The molecule has 0 radical (unpaired) electrons. The number of hydrogen-bond donors (Lipinski definition) is 2. The van der Waals surface area contributed by atoms with E-state index >= 15 is 0 Å². The zero-order chi connectivity index (χ0) is 13.9. The zero-order valence-corrected chi connectivity index (χ0v) is 12.0. The molecule has 1 aliphatic rings. The maximum atomic E-state index is 6.39. The Hall–Kier alpha value is -1.64. The van der Waals surface area contributed by atoms with E-state index in [1.165, 1.54) is 33.0 Å². The molecule has 0 amide bonds. The third kappa shape index (κ3) is 1.44. The largest absolute Gasteiger partial charge is 0.306 e. The van der Waals surface area contributed by atoms with Crippen LogP contribution in [0.3, 0.4) is 0 Å². The number of nitrogens with two attached hydrogens (primary N) is 2. The van der Waals surface area contributed by atoms with E-state index in [1.807, 2.05) is 6.92 Å². The van der Waals surface area contributed by atoms with Crippen LogP contribution >= 0.6 is 0 Å². The monoisotopic (exact) mass is 252 g/mol. The second-order valence-electron chi connectivity index (χ2n) is 5.71. The van der Waals surface area contributed by atoms with Crippen LogP contribution in [0.4, 0.5) is 0 Å². The molecule has 2 nitrogen and oxygen atoms in total. The Labute approximate surface area is 114 Å². The van der Waals surface area contributed by atoms with Crippen LogP contribution in [-0.4, -0.2) is 0 Å². The van der Waals surface area contributed by atoms with Gasteiger partial charge in [-0.3, -0.25) is 0 Å². The lowest BCUT2D eigenvalue weighted by Crippen LogP contribution is -2.48. The van der Waals surface area contributed by atoms with Gasteiger partial charge in [0.2, 0.25) is 0 Å². The molecule has 0 heterocycles. The van der Waals surface area contributed by atoms with E-state index in [1.54, 1.807) is 0 Å². The first-order valence-corrected chi connectivity index (χ1v) is 6.65. The SMILES string of the molecule is CC1=C(C)C(N)(N)c2cccc3c(C)c(C)cc1c23. The molecule has 98 valence electrons. The van der Waals surface area contributed by atoms with Gasteiger partial charge in [-0.15, -0.1) is 0 Å². The Kier molecular flexibility index (Phi) is 2.40. The molecule has 19 heavy (non-hydrogen) atoms. The van der Waals surface area contributed by atoms with Crippen LogP contribution in [0.2, 0.25) is 0 Å². The summed E-state index contributed by atoms with van der Waals surface area (Å²) in [5.41, 5.74) is 19.1. The van der Waals surface area contributed by atoms with Crippen molar-refractivity contribution >= 4 is 16.3 Å². The van der Waals surface area contributed by atoms with Gasteiger partial charge in [0.05, 0.1) is 0 Å². The van der Waals surface area contributed by atoms with E-state index in [0.717, 1.165) is 11.1 Å². The van der Waals surface area contributed by atoms with Crippen LogP contribution in [0.15, 0.2) is 29.8 Å². The topological polar surface area (TPSA) is 52.0 Å². The van der Waals surface area contributed by atoms with E-state index in [9.17, 15) is 0 Å². The molecule has 0 atom stereocenters. The molecule has 4 N–H and O–H groups in total. The lowest BCUT2D eigenvalue weighted by molar-refractivity contribution is 0.556. The minimum Gasteiger partial charge on any atom is -0.306 e. The summed E-state index contributed by atoms with van der Waals surface area (Å²) in [5, 5.41) is 2.48. The third-order valence-electron chi connectivity index (χ3n) is 4.72. The van der Waals surface area contributed by atoms with E-state index in [2.05, 4.69) is 45.0 Å². The number of aryl methyl sites for hydroxylation is 2. The molecule has 0 aromatic heterocycles. The molecule has 0 unspecified atom stereocenters. The van der Waals surface area contributed by atoms with Crippen molar-refractivity contribution in [2.24, 2.45) is 11.5 Å². The second kappa shape index (κ2) is 3.69. The van der Waals surface area contributed by atoms with Crippen LogP contribution < -0.4 is 11.5 Å². The Morgan fingerprint density at radius 2 is 1.68 bits per heavy atom. The van der Waals surface area contributed by atoms with Crippen molar-refractivity contribution in [3.05, 3.63) is 52.1 Å². The highest BCUT2D eigenvalue weighted by Crippen LogP contribution is 2.42. The smallest absolute Gasteiger partial charge is 0.113 e. The van der Waals surface area contributed by atoms with Gasteiger partial charge in [-0.05, 0) is 71.9 Å². The average Bonchev–Trinajstić information content (AvgIpc) is 2.39. The second-order valence-corrected chi connectivity index (χ2v) is 5.71. The maximum absolute atomic E-state index is 6.39. The van der Waals surface area contributed by atoms with Gasteiger partial charge in [-0.2, -0.15) is 0 Å². The number of hydrogen-bond acceptors (Lipinski definition) is 2. The first-order valence-electron chi connectivity index (χ1n) is 6.65. The summed E-state index contributed by atoms with van der Waals surface area (Å²) in [7, 11) is 0. The third-order valence-corrected chi connectivity index (χ3v) is 4.72. The number of benzene rings is 2. The van der Waals surface area contributed by atoms with Gasteiger partial charge in [0.15, 0.2) is 0 Å². The highest BCUT2D eigenvalue weighted by Gasteiger charge is 2.33. The summed E-state index contributed by atoms with van der Waals surface area (Å²) in [6.45, 7) is 8.47. The number of rotatable bonds is 0. The molecule has 3 rings (SSSR count). The quantitative estimate of drug-likeness (QED) is 0.707. The first-order chi connectivity index (χ1) is 8.85. The van der Waals surface area contributed by atoms with Crippen molar-refractivity contribution in [2.75, 3.05) is 0 Å². The summed E-state index contributed by atoms with van der Waals surface area (Å²) in [4.78, 5) is 0. The molecule has 0 aliphatic heterocycles. The number of allylic oxidation sites excluding steroid dienone is 1. The summed E-state index contributed by atoms with van der Waals surface area (Å²) < 4.78 is 0. The predicted molar refractivity (Wildman–Crippen MR) is 81.7 cm³/mol. The van der Waals surface area contributed by atoms with E-state index in [0.29, 0.717) is 0 Å². The van der Waals surface area contributed by atoms with Gasteiger partial charge in [0, 0.05) is 0 Å². The highest BCUT2D eigenvalue weighted by atomic mass is 15.0. The van der Waals surface area contributed by atoms with E-state index in [4.69, 9.17) is 11.5 Å². The van der Waals surface area contributed by atoms with Crippen LogP contribution in [0, 0.1) is 13.8 Å². The molecule has 1 aliphatic carbocycles. The van der Waals surface area contributed by atoms with Gasteiger partial charge in [0.25, 0.3) is 0 Å². The summed E-state index contributed by atoms with van der Waals surface area (Å²) >= 11 is 0. The fourth-order valence-electron chi connectivity index (χ4n) is 3.12. The highest BCUT2D eigenvalue weighted by molar-refractivity contribution is 6.02. The van der Waals surface area contributed by atoms with Gasteiger partial charge >= 0.3 is 0 Å². The maximum Gasteiger partial charge on any atom is 0.113 e. The molecule has 2 aromatic carbocycles. The van der Waals surface area contributed by atoms with E-state index < -0.39 is 5.66 Å². The van der Waals surface area contributed by atoms with Crippen molar-refractivity contribution in [3.63, 3.8) is 0 Å². The normalized spacial score (nSPS) is 17.2. The zero-order valence-electron chi connectivity index (χ0n) is 12.0. The van der Waals surface area contributed by atoms with Gasteiger partial charge < -0.3 is 11.5 Å². The van der Waals surface area contributed by atoms with Crippen molar-refractivity contribution in [1.29, 1.82) is 0 Å². The first kappa shape index (κ1) is 12.4. The lowest BCUT2D eigenvalue weighted by Gasteiger charge is -2.35. The minimum atomic E-state index is -0.863. The molecule has 0 fully saturated rings. The Morgan fingerprint density at radius 3 is 2.37 bits per heavy atom. The minimum absolute atomic E-state index is 0.863. The molecular weight excluding hydrogens is 232 g/mol. The van der Waals surface area contributed by atoms with Crippen molar-refractivity contribution in [3.8, 4) is 0 Å². The molecular formula is C17H20N2. The summed E-state index contributed by atoms with van der Waals surface area (Å²) in [6, 6.07) is 8.52. The summed E-state index contributed by atoms with van der Waals surface area (Å²) in [5.74, 6) is 0. The fraction of sp³-hybridized carbons (Fsp3) is 0.294. The van der Waals surface area contributed by atoms with Gasteiger partial charge in [-0.25, -0.2) is 0 Å². The Bertz CT molecular complexity index is 737. The van der Waals surface area contributed by atoms with Crippen molar-refractivity contribution < 1.29 is 0 Å². The van der Waals surface area contributed by atoms with E-state index in [-0.39, 0.29) is 0 Å². The standard InChI is InChI=1S/C17H20N2/c1-9-8-14-11(3)12(4)17(18,19)15-7-5-6-13(10(9)2)16(14)15/h5-8H,18-19H2,1-4H3. The van der Waals surface area contributed by atoms with Crippen LogP contribution in [0.5, 0.6) is 0 Å². The van der Waals surface area contributed by atoms with Crippen LogP contribution in [-0.2, 0) is 5.66 Å². The van der Waals surface area contributed by atoms with Crippen molar-refractivity contribution in [2.45, 2.75) is 33.4 Å². The average molecular weight is 252 g/mol. The predicted octanol–water partition coefficient (Wildman–Crippen LogP) is 3.33. The molecule has 2 aromatic rings. The Morgan fingerprint density at radius 1 is 1.00 bits per heavy atom. The fourth-order valence-corrected chi connectivity index (χ4v) is 3.12. The van der Waals surface area contributed by atoms with Gasteiger partial charge in [0.1, 0.15) is 5.66 Å². The molecule has 0 bridgehead atoms. The van der Waals surface area contributed by atoms with Gasteiger partial charge in [-0.1, -0.05) is 24.3 Å².